The van der Waals surface area contributed by atoms with Crippen molar-refractivity contribution in [2.24, 2.45) is 11.3 Å². The number of carboxylic acids is 1. The Hall–Kier alpha value is -1.59. The molecule has 1 aromatic rings. The molecule has 1 aromatic carbocycles. The van der Waals surface area contributed by atoms with Gasteiger partial charge in [-0.1, -0.05) is 36.7 Å². The summed E-state index contributed by atoms with van der Waals surface area (Å²) in [7, 11) is 0. The van der Waals surface area contributed by atoms with Gasteiger partial charge in [0.1, 0.15) is 0 Å². The van der Waals surface area contributed by atoms with Gasteiger partial charge in [0.2, 0.25) is 5.91 Å². The normalized spacial score (nSPS) is 18.2. The third-order valence-corrected chi connectivity index (χ3v) is 4.80. The minimum absolute atomic E-state index is 0.136. The van der Waals surface area contributed by atoms with E-state index >= 15 is 0 Å². The molecule has 6 heteroatoms. The van der Waals surface area contributed by atoms with Crippen LogP contribution in [0.25, 0.3) is 0 Å². The molecule has 0 spiro atoms. The van der Waals surface area contributed by atoms with Crippen LogP contribution in [-0.2, 0) is 20.7 Å². The van der Waals surface area contributed by atoms with Crippen LogP contribution in [0.5, 0.6) is 0 Å². The number of ether oxygens (including phenoxy) is 1. The maximum atomic E-state index is 12.3. The van der Waals surface area contributed by atoms with E-state index < -0.39 is 11.4 Å². The summed E-state index contributed by atoms with van der Waals surface area (Å²) >= 11 is 6.11. The number of carbonyl (C=O) groups excluding carboxylic acids is 1. The largest absolute Gasteiger partial charge is 0.481 e. The SMILES string of the molecule is CC(Cc1ccccc1Cl)C(=O)NCC1(C(=O)O)CCOCC1. The maximum absolute atomic E-state index is 12.3. The number of nitrogens with one attached hydrogen (secondary N) is 1. The van der Waals surface area contributed by atoms with E-state index in [4.69, 9.17) is 16.3 Å². The number of halogens is 1. The van der Waals surface area contributed by atoms with E-state index in [0.29, 0.717) is 37.5 Å². The minimum atomic E-state index is -0.919. The smallest absolute Gasteiger partial charge is 0.311 e. The molecule has 0 bridgehead atoms. The second kappa shape index (κ2) is 7.79. The van der Waals surface area contributed by atoms with Gasteiger partial charge in [0.05, 0.1) is 5.41 Å². The van der Waals surface area contributed by atoms with Crippen molar-refractivity contribution in [1.29, 1.82) is 0 Å². The fourth-order valence-corrected chi connectivity index (χ4v) is 2.96. The van der Waals surface area contributed by atoms with Crippen LogP contribution in [0.15, 0.2) is 24.3 Å². The summed E-state index contributed by atoms with van der Waals surface area (Å²) in [5.41, 5.74) is -0.00582. The number of hydrogen-bond donors (Lipinski definition) is 2. The lowest BCUT2D eigenvalue weighted by Crippen LogP contribution is -2.47. The summed E-state index contributed by atoms with van der Waals surface area (Å²) in [5, 5.41) is 12.9. The van der Waals surface area contributed by atoms with Crippen molar-refractivity contribution in [2.45, 2.75) is 26.2 Å². The van der Waals surface area contributed by atoms with Crippen LogP contribution in [0.2, 0.25) is 5.02 Å². The Morgan fingerprint density at radius 1 is 1.35 bits per heavy atom. The zero-order chi connectivity index (χ0) is 16.9. The lowest BCUT2D eigenvalue weighted by molar-refractivity contribution is -0.154. The van der Waals surface area contributed by atoms with E-state index in [9.17, 15) is 14.7 Å². The average molecular weight is 340 g/mol. The Bertz CT molecular complexity index is 569. The first-order valence-corrected chi connectivity index (χ1v) is 8.15. The highest BCUT2D eigenvalue weighted by Gasteiger charge is 2.40. The van der Waals surface area contributed by atoms with Crippen LogP contribution in [0.4, 0.5) is 0 Å². The molecule has 1 saturated heterocycles. The molecule has 1 atom stereocenters. The predicted octanol–water partition coefficient (Wildman–Crippen LogP) is 2.52. The minimum Gasteiger partial charge on any atom is -0.481 e. The lowest BCUT2D eigenvalue weighted by atomic mass is 9.80. The standard InChI is InChI=1S/C17H22ClNO4/c1-12(10-13-4-2-3-5-14(13)18)15(20)19-11-17(16(21)22)6-8-23-9-7-17/h2-5,12H,6-11H2,1H3,(H,19,20)(H,21,22). The molecule has 0 aliphatic carbocycles. The molecule has 1 aliphatic heterocycles. The number of rotatable bonds is 6. The van der Waals surface area contributed by atoms with Crippen LogP contribution < -0.4 is 5.32 Å². The van der Waals surface area contributed by atoms with Gasteiger partial charge in [0.15, 0.2) is 0 Å². The van der Waals surface area contributed by atoms with Crippen LogP contribution >= 0.6 is 11.6 Å². The number of carbonyl (C=O) groups is 2. The zero-order valence-corrected chi connectivity index (χ0v) is 13.9. The summed E-state index contributed by atoms with van der Waals surface area (Å²) in [4.78, 5) is 23.9. The number of benzene rings is 1. The van der Waals surface area contributed by atoms with Gasteiger partial charge in [-0.25, -0.2) is 0 Å². The molecule has 1 fully saturated rings. The van der Waals surface area contributed by atoms with Crippen molar-refractivity contribution in [3.8, 4) is 0 Å². The lowest BCUT2D eigenvalue weighted by Gasteiger charge is -2.33. The van der Waals surface area contributed by atoms with Crippen LogP contribution in [0, 0.1) is 11.3 Å². The molecule has 2 rings (SSSR count). The van der Waals surface area contributed by atoms with Gasteiger partial charge >= 0.3 is 5.97 Å². The Labute approximate surface area is 141 Å². The molecule has 23 heavy (non-hydrogen) atoms. The van der Waals surface area contributed by atoms with Gasteiger partial charge in [-0.15, -0.1) is 0 Å². The molecular formula is C17H22ClNO4. The Morgan fingerprint density at radius 3 is 2.61 bits per heavy atom. The van der Waals surface area contributed by atoms with Gasteiger partial charge in [0, 0.05) is 30.7 Å². The first-order valence-electron chi connectivity index (χ1n) is 7.77. The molecule has 1 amide bonds. The van der Waals surface area contributed by atoms with Gasteiger partial charge < -0.3 is 15.2 Å². The molecule has 2 N–H and O–H groups in total. The van der Waals surface area contributed by atoms with E-state index in [1.54, 1.807) is 6.07 Å². The van der Waals surface area contributed by atoms with Crippen molar-refractivity contribution >= 4 is 23.5 Å². The van der Waals surface area contributed by atoms with Crippen molar-refractivity contribution in [3.63, 3.8) is 0 Å². The summed E-state index contributed by atoms with van der Waals surface area (Å²) in [6, 6.07) is 7.41. The van der Waals surface area contributed by atoms with Crippen LogP contribution in [0.3, 0.4) is 0 Å². The van der Waals surface area contributed by atoms with Crippen molar-refractivity contribution < 1.29 is 19.4 Å². The summed E-state index contributed by atoms with van der Waals surface area (Å²) < 4.78 is 5.23. The Kier molecular flexibility index (Phi) is 6.02. The van der Waals surface area contributed by atoms with E-state index in [1.165, 1.54) is 0 Å². The fourth-order valence-electron chi connectivity index (χ4n) is 2.75. The van der Waals surface area contributed by atoms with E-state index in [0.717, 1.165) is 5.56 Å². The average Bonchev–Trinajstić information content (AvgIpc) is 2.55. The van der Waals surface area contributed by atoms with Gasteiger partial charge in [-0.05, 0) is 30.9 Å². The first-order chi connectivity index (χ1) is 10.9. The topological polar surface area (TPSA) is 75.6 Å². The Balaban J connectivity index is 1.93. The quantitative estimate of drug-likeness (QED) is 0.835. The fraction of sp³-hybridized carbons (Fsp3) is 0.529. The highest BCUT2D eigenvalue weighted by atomic mass is 35.5. The highest BCUT2D eigenvalue weighted by Crippen LogP contribution is 2.30. The van der Waals surface area contributed by atoms with Gasteiger partial charge in [0.25, 0.3) is 0 Å². The highest BCUT2D eigenvalue weighted by molar-refractivity contribution is 6.31. The molecule has 1 unspecified atom stereocenters. The molecule has 1 aliphatic rings. The van der Waals surface area contributed by atoms with E-state index in [1.807, 2.05) is 25.1 Å². The molecule has 0 saturated carbocycles. The van der Waals surface area contributed by atoms with Gasteiger partial charge in [-0.2, -0.15) is 0 Å². The van der Waals surface area contributed by atoms with Crippen molar-refractivity contribution in [2.75, 3.05) is 19.8 Å². The zero-order valence-electron chi connectivity index (χ0n) is 13.2. The van der Waals surface area contributed by atoms with Crippen molar-refractivity contribution in [1.82, 2.24) is 5.32 Å². The molecule has 5 nitrogen and oxygen atoms in total. The summed E-state index contributed by atoms with van der Waals surface area (Å²) in [6.45, 7) is 2.78. The molecular weight excluding hydrogens is 318 g/mol. The second-order valence-electron chi connectivity index (χ2n) is 6.11. The third-order valence-electron chi connectivity index (χ3n) is 4.44. The maximum Gasteiger partial charge on any atom is 0.311 e. The third kappa shape index (κ3) is 4.45. The van der Waals surface area contributed by atoms with Crippen LogP contribution in [-0.4, -0.2) is 36.7 Å². The number of hydrogen-bond acceptors (Lipinski definition) is 3. The number of aliphatic carboxylic acids is 1. The monoisotopic (exact) mass is 339 g/mol. The molecule has 0 radical (unpaired) electrons. The first kappa shape index (κ1) is 17.8. The van der Waals surface area contributed by atoms with E-state index in [-0.39, 0.29) is 18.4 Å². The molecule has 126 valence electrons. The summed E-state index contributed by atoms with van der Waals surface area (Å²) in [6.07, 6.45) is 1.36. The van der Waals surface area contributed by atoms with Gasteiger partial charge in [-0.3, -0.25) is 9.59 Å². The van der Waals surface area contributed by atoms with Crippen molar-refractivity contribution in [3.05, 3.63) is 34.9 Å². The van der Waals surface area contributed by atoms with E-state index in [2.05, 4.69) is 5.32 Å². The number of amides is 1. The summed E-state index contributed by atoms with van der Waals surface area (Å²) in [5.74, 6) is -1.31. The second-order valence-corrected chi connectivity index (χ2v) is 6.52. The predicted molar refractivity (Wildman–Crippen MR) is 87.5 cm³/mol. The Morgan fingerprint density at radius 2 is 2.00 bits per heavy atom. The molecule has 1 heterocycles. The molecule has 0 aromatic heterocycles. The van der Waals surface area contributed by atoms with Crippen LogP contribution in [0.1, 0.15) is 25.3 Å². The number of carboxylic acid groups (broad SMARTS) is 1.